The van der Waals surface area contributed by atoms with E-state index in [0.29, 0.717) is 5.56 Å². The number of nitriles is 1. The first-order valence-corrected chi connectivity index (χ1v) is 5.44. The summed E-state index contributed by atoms with van der Waals surface area (Å²) in [6.07, 6.45) is -0.162. The molecule has 0 amide bonds. The highest BCUT2D eigenvalue weighted by atomic mass is 32.2. The maximum Gasteiger partial charge on any atom is 0.269 e. The van der Waals surface area contributed by atoms with Crippen LogP contribution < -0.4 is 0 Å². The third kappa shape index (κ3) is 2.85. The Labute approximate surface area is 93.9 Å². The molecule has 1 rings (SSSR count). The Balaban J connectivity index is 3.10. The Morgan fingerprint density at radius 3 is 2.81 bits per heavy atom. The van der Waals surface area contributed by atoms with Crippen LogP contribution in [0.4, 0.5) is 5.69 Å². The SMILES string of the molecule is N#CCC(c1cccc([N+](=O)[O-])c1)S(=O)O. The zero-order valence-corrected chi connectivity index (χ0v) is 8.88. The number of hydrogen-bond donors (Lipinski definition) is 1. The molecule has 0 aliphatic heterocycles. The van der Waals surface area contributed by atoms with Crippen LogP contribution in [0.15, 0.2) is 24.3 Å². The average Bonchev–Trinajstić information content (AvgIpc) is 2.25. The topological polar surface area (TPSA) is 104 Å². The second kappa shape index (κ2) is 5.34. The predicted molar refractivity (Wildman–Crippen MR) is 56.8 cm³/mol. The monoisotopic (exact) mass is 240 g/mol. The highest BCUT2D eigenvalue weighted by molar-refractivity contribution is 7.79. The quantitative estimate of drug-likeness (QED) is 0.490. The van der Waals surface area contributed by atoms with Gasteiger partial charge in [-0.25, -0.2) is 4.21 Å². The fourth-order valence-electron chi connectivity index (χ4n) is 1.23. The molecule has 0 saturated heterocycles. The van der Waals surface area contributed by atoms with E-state index >= 15 is 0 Å². The van der Waals surface area contributed by atoms with Crippen molar-refractivity contribution in [1.82, 2.24) is 0 Å². The van der Waals surface area contributed by atoms with E-state index in [9.17, 15) is 14.3 Å². The minimum absolute atomic E-state index is 0.161. The molecular weight excluding hydrogens is 232 g/mol. The summed E-state index contributed by atoms with van der Waals surface area (Å²) in [5.41, 5.74) is 0.155. The molecule has 6 nitrogen and oxygen atoms in total. The maximum absolute atomic E-state index is 11.0. The normalized spacial score (nSPS) is 13.8. The molecule has 1 aromatic rings. The highest BCUT2D eigenvalue weighted by Gasteiger charge is 2.19. The van der Waals surface area contributed by atoms with Crippen LogP contribution in [-0.4, -0.2) is 13.7 Å². The van der Waals surface area contributed by atoms with Gasteiger partial charge in [-0.2, -0.15) is 5.26 Å². The molecular formula is C9H8N2O4S. The first kappa shape index (κ1) is 12.3. The molecule has 0 aliphatic carbocycles. The van der Waals surface area contributed by atoms with Gasteiger partial charge in [-0.15, -0.1) is 0 Å². The zero-order valence-electron chi connectivity index (χ0n) is 8.07. The summed E-state index contributed by atoms with van der Waals surface area (Å²) in [5, 5.41) is 18.1. The number of nitro benzene ring substituents is 1. The van der Waals surface area contributed by atoms with Crippen LogP contribution in [-0.2, 0) is 11.1 Å². The fraction of sp³-hybridized carbons (Fsp3) is 0.222. The first-order valence-electron chi connectivity index (χ1n) is 4.27. The molecule has 0 aliphatic rings. The number of rotatable bonds is 4. The van der Waals surface area contributed by atoms with Gasteiger partial charge in [0, 0.05) is 12.1 Å². The van der Waals surface area contributed by atoms with E-state index < -0.39 is 21.3 Å². The molecule has 2 unspecified atom stereocenters. The van der Waals surface area contributed by atoms with Crippen molar-refractivity contribution in [3.05, 3.63) is 39.9 Å². The molecule has 0 saturated carbocycles. The molecule has 1 aromatic carbocycles. The third-order valence-electron chi connectivity index (χ3n) is 1.97. The van der Waals surface area contributed by atoms with Crippen LogP contribution in [0, 0.1) is 21.4 Å². The Bertz CT molecular complexity index is 469. The molecule has 84 valence electrons. The van der Waals surface area contributed by atoms with E-state index in [1.54, 1.807) is 6.07 Å². The van der Waals surface area contributed by atoms with E-state index in [0.717, 1.165) is 0 Å². The van der Waals surface area contributed by atoms with Crippen molar-refractivity contribution in [1.29, 1.82) is 5.26 Å². The predicted octanol–water partition coefficient (Wildman–Crippen LogP) is 1.77. The fourth-order valence-corrected chi connectivity index (χ4v) is 1.82. The Kier molecular flexibility index (Phi) is 4.10. The lowest BCUT2D eigenvalue weighted by atomic mass is 10.1. The summed E-state index contributed by atoms with van der Waals surface area (Å²) < 4.78 is 19.9. The number of benzene rings is 1. The van der Waals surface area contributed by atoms with E-state index in [-0.39, 0.29) is 12.1 Å². The number of non-ortho nitro benzene ring substituents is 1. The summed E-state index contributed by atoms with van der Waals surface area (Å²) in [7, 11) is 0. The van der Waals surface area contributed by atoms with Gasteiger partial charge in [0.2, 0.25) is 0 Å². The van der Waals surface area contributed by atoms with Crippen LogP contribution in [0.3, 0.4) is 0 Å². The van der Waals surface area contributed by atoms with Crippen LogP contribution in [0.5, 0.6) is 0 Å². The van der Waals surface area contributed by atoms with Gasteiger partial charge in [-0.3, -0.25) is 10.1 Å². The van der Waals surface area contributed by atoms with Crippen molar-refractivity contribution in [2.45, 2.75) is 11.7 Å². The van der Waals surface area contributed by atoms with Crippen molar-refractivity contribution in [2.75, 3.05) is 0 Å². The summed E-state index contributed by atoms with van der Waals surface area (Å²) in [6, 6.07) is 7.17. The standard InChI is InChI=1S/C9H8N2O4S/c10-5-4-9(16(14)15)7-2-1-3-8(6-7)11(12)13/h1-3,6,9H,4H2,(H,14,15). The van der Waals surface area contributed by atoms with E-state index in [2.05, 4.69) is 0 Å². The number of hydrogen-bond acceptors (Lipinski definition) is 4. The van der Waals surface area contributed by atoms with Crippen LogP contribution in [0.2, 0.25) is 0 Å². The maximum atomic E-state index is 11.0. The van der Waals surface area contributed by atoms with E-state index in [1.807, 2.05) is 0 Å². The third-order valence-corrected chi connectivity index (χ3v) is 2.90. The van der Waals surface area contributed by atoms with Gasteiger partial charge in [0.15, 0.2) is 11.1 Å². The molecule has 0 spiro atoms. The minimum atomic E-state index is -2.22. The summed E-state index contributed by atoms with van der Waals surface area (Å²) in [6.45, 7) is 0. The molecule has 16 heavy (non-hydrogen) atoms. The van der Waals surface area contributed by atoms with Crippen LogP contribution in [0.1, 0.15) is 17.2 Å². The zero-order chi connectivity index (χ0) is 12.1. The second-order valence-corrected chi connectivity index (χ2v) is 4.10. The lowest BCUT2D eigenvalue weighted by Crippen LogP contribution is -2.05. The Morgan fingerprint density at radius 2 is 2.31 bits per heavy atom. The van der Waals surface area contributed by atoms with Crippen LogP contribution in [0.25, 0.3) is 0 Å². The first-order chi connectivity index (χ1) is 7.56. The molecule has 0 heterocycles. The highest BCUT2D eigenvalue weighted by Crippen LogP contribution is 2.25. The van der Waals surface area contributed by atoms with Crippen molar-refractivity contribution >= 4 is 16.8 Å². The van der Waals surface area contributed by atoms with Gasteiger partial charge in [-0.1, -0.05) is 12.1 Å². The largest absolute Gasteiger partial charge is 0.306 e. The molecule has 7 heteroatoms. The number of nitrogens with zero attached hydrogens (tertiary/aromatic N) is 2. The van der Waals surface area contributed by atoms with Crippen molar-refractivity contribution in [3.63, 3.8) is 0 Å². The number of nitro groups is 1. The van der Waals surface area contributed by atoms with Crippen molar-refractivity contribution < 1.29 is 13.7 Å². The van der Waals surface area contributed by atoms with Gasteiger partial charge in [0.25, 0.3) is 5.69 Å². The average molecular weight is 240 g/mol. The van der Waals surface area contributed by atoms with Crippen molar-refractivity contribution in [2.24, 2.45) is 0 Å². The molecule has 1 N–H and O–H groups in total. The molecule has 0 fully saturated rings. The lowest BCUT2D eigenvalue weighted by molar-refractivity contribution is -0.384. The Hall–Kier alpha value is -1.78. The van der Waals surface area contributed by atoms with Crippen molar-refractivity contribution in [3.8, 4) is 6.07 Å². The molecule has 2 atom stereocenters. The van der Waals surface area contributed by atoms with E-state index in [4.69, 9.17) is 9.81 Å². The van der Waals surface area contributed by atoms with E-state index in [1.165, 1.54) is 24.3 Å². The minimum Gasteiger partial charge on any atom is -0.306 e. The summed E-state index contributed by atoms with van der Waals surface area (Å²) in [4.78, 5) is 9.92. The summed E-state index contributed by atoms with van der Waals surface area (Å²) >= 11 is -2.22. The molecule has 0 bridgehead atoms. The van der Waals surface area contributed by atoms with Gasteiger partial charge in [-0.05, 0) is 5.56 Å². The van der Waals surface area contributed by atoms with Crippen LogP contribution >= 0.6 is 0 Å². The second-order valence-electron chi connectivity index (χ2n) is 2.98. The Morgan fingerprint density at radius 1 is 1.62 bits per heavy atom. The van der Waals surface area contributed by atoms with Gasteiger partial charge < -0.3 is 4.55 Å². The smallest absolute Gasteiger partial charge is 0.269 e. The van der Waals surface area contributed by atoms with Gasteiger partial charge in [0.05, 0.1) is 22.7 Å². The van der Waals surface area contributed by atoms with Gasteiger partial charge >= 0.3 is 0 Å². The van der Waals surface area contributed by atoms with Gasteiger partial charge in [0.1, 0.15) is 0 Å². The summed E-state index contributed by atoms with van der Waals surface area (Å²) in [5.74, 6) is 0. The lowest BCUT2D eigenvalue weighted by Gasteiger charge is -2.08. The molecule has 0 aromatic heterocycles. The molecule has 0 radical (unpaired) electrons.